The van der Waals surface area contributed by atoms with Gasteiger partial charge in [0.1, 0.15) is 11.2 Å². The average Bonchev–Trinajstić information content (AvgIpc) is 2.79. The van der Waals surface area contributed by atoms with Crippen LogP contribution < -0.4 is 10.5 Å². The van der Waals surface area contributed by atoms with Gasteiger partial charge in [-0.25, -0.2) is 5.41 Å². The second-order valence-corrected chi connectivity index (χ2v) is 4.76. The zero-order valence-electron chi connectivity index (χ0n) is 8.21. The first-order chi connectivity index (χ1) is 7.50. The third-order valence-electron chi connectivity index (χ3n) is 1.96. The van der Waals surface area contributed by atoms with Gasteiger partial charge in [-0.15, -0.1) is 4.68 Å². The Morgan fingerprint density at radius 2 is 2.38 bits per heavy atom. The molecule has 1 unspecified atom stereocenters. The standard InChI is InChI=1S/C7H8N5O3S/c1-16-6(8)10-11(7(16)9)4-2-3-5(15-4)12(13)14/h2-3,9H,1H3,(H2,8,10)/q+1. The summed E-state index contributed by atoms with van der Waals surface area (Å²) in [7, 11) is -0.587. The fourth-order valence-electron chi connectivity index (χ4n) is 1.11. The van der Waals surface area contributed by atoms with Crippen molar-refractivity contribution in [3.8, 4) is 5.88 Å². The molecule has 2 aromatic rings. The number of nitrogens with zero attached hydrogens (tertiary/aromatic N) is 3. The number of aromatic nitrogens is 2. The number of nitrogens with two attached hydrogens (primary N) is 1. The first-order valence-corrected chi connectivity index (χ1v) is 5.77. The molecule has 0 saturated heterocycles. The third kappa shape index (κ3) is 1.46. The van der Waals surface area contributed by atoms with Crippen molar-refractivity contribution in [1.82, 2.24) is 9.78 Å². The van der Waals surface area contributed by atoms with Crippen LogP contribution in [0.3, 0.4) is 0 Å². The van der Waals surface area contributed by atoms with Crippen LogP contribution in [0.15, 0.2) is 16.5 Å². The first kappa shape index (κ1) is 10.4. The summed E-state index contributed by atoms with van der Waals surface area (Å²) in [5, 5.41) is 22.3. The number of nitrogen functional groups attached to an aromatic ring is 1. The van der Waals surface area contributed by atoms with E-state index in [-0.39, 0.29) is 16.6 Å². The minimum atomic E-state index is -0.651. The van der Waals surface area contributed by atoms with E-state index in [1.165, 1.54) is 12.1 Å². The Kier molecular flexibility index (Phi) is 2.23. The molecule has 0 aliphatic rings. The Labute approximate surface area is 91.6 Å². The Hall–Kier alpha value is -2.16. The van der Waals surface area contributed by atoms with Crippen molar-refractivity contribution in [1.29, 1.82) is 5.41 Å². The predicted octanol–water partition coefficient (Wildman–Crippen LogP) is 0.721. The molecule has 2 heterocycles. The SMILES string of the molecule is C[s+]1c(N)nn(-c2ccc([N+](=O)[O-])o2)c1=N. The summed E-state index contributed by atoms with van der Waals surface area (Å²) in [5.41, 5.74) is 5.57. The second-order valence-electron chi connectivity index (χ2n) is 2.93. The average molecular weight is 242 g/mol. The van der Waals surface area contributed by atoms with Crippen molar-refractivity contribution in [2.45, 2.75) is 0 Å². The molecule has 9 heteroatoms. The van der Waals surface area contributed by atoms with Crippen molar-refractivity contribution >= 4 is 21.5 Å². The van der Waals surface area contributed by atoms with Gasteiger partial charge in [0.2, 0.25) is 5.88 Å². The monoisotopic (exact) mass is 242 g/mol. The summed E-state index contributed by atoms with van der Waals surface area (Å²) >= 11 is 0. The van der Waals surface area contributed by atoms with Crippen molar-refractivity contribution < 1.29 is 9.34 Å². The van der Waals surface area contributed by atoms with E-state index in [4.69, 9.17) is 15.6 Å². The van der Waals surface area contributed by atoms with Crippen LogP contribution in [-0.4, -0.2) is 14.7 Å². The summed E-state index contributed by atoms with van der Waals surface area (Å²) in [4.78, 5) is 9.92. The van der Waals surface area contributed by atoms with Crippen LogP contribution in [0.5, 0.6) is 0 Å². The molecule has 0 saturated carbocycles. The number of rotatable bonds is 2. The molecule has 0 fully saturated rings. The largest absolute Gasteiger partial charge is 0.434 e. The van der Waals surface area contributed by atoms with Crippen LogP contribution in [0.2, 0.25) is 0 Å². The van der Waals surface area contributed by atoms with Crippen molar-refractivity contribution in [3.05, 3.63) is 27.0 Å². The Bertz CT molecular complexity index is 610. The molecule has 2 aromatic heterocycles. The maximum absolute atomic E-state index is 10.4. The lowest BCUT2D eigenvalue weighted by molar-refractivity contribution is -0.402. The number of furan rings is 1. The molecule has 8 nitrogen and oxygen atoms in total. The van der Waals surface area contributed by atoms with E-state index in [0.717, 1.165) is 4.68 Å². The molecular weight excluding hydrogens is 234 g/mol. The summed E-state index contributed by atoms with van der Waals surface area (Å²) in [6.07, 6.45) is 1.75. The fourth-order valence-corrected chi connectivity index (χ4v) is 1.91. The lowest BCUT2D eigenvalue weighted by Gasteiger charge is -1.88. The zero-order valence-corrected chi connectivity index (χ0v) is 9.02. The molecular formula is C7H8N5O3S+. The molecule has 0 radical (unpaired) electrons. The quantitative estimate of drug-likeness (QED) is 0.456. The summed E-state index contributed by atoms with van der Waals surface area (Å²) < 4.78 is 6.08. The number of nitrogens with one attached hydrogen (secondary N) is 1. The molecule has 84 valence electrons. The topological polar surface area (TPSA) is 124 Å². The molecule has 0 spiro atoms. The minimum absolute atomic E-state index is 0.122. The van der Waals surface area contributed by atoms with Crippen LogP contribution in [0.4, 0.5) is 11.0 Å². The molecule has 0 aromatic carbocycles. The van der Waals surface area contributed by atoms with E-state index in [1.807, 2.05) is 0 Å². The van der Waals surface area contributed by atoms with E-state index < -0.39 is 15.4 Å². The maximum atomic E-state index is 10.4. The Balaban J connectivity index is 2.55. The van der Waals surface area contributed by atoms with Gasteiger partial charge in [-0.05, 0) is 0 Å². The Morgan fingerprint density at radius 1 is 1.69 bits per heavy atom. The van der Waals surface area contributed by atoms with Crippen molar-refractivity contribution in [2.75, 3.05) is 5.73 Å². The van der Waals surface area contributed by atoms with Crippen LogP contribution in [-0.2, 0) is 6.26 Å². The van der Waals surface area contributed by atoms with Crippen LogP contribution >= 0.6 is 10.5 Å². The summed E-state index contributed by atoms with van der Waals surface area (Å²) in [6.45, 7) is 0. The van der Waals surface area contributed by atoms with Crippen molar-refractivity contribution in [3.63, 3.8) is 0 Å². The molecule has 0 amide bonds. The number of anilines is 1. The lowest BCUT2D eigenvalue weighted by atomic mass is 10.6. The van der Waals surface area contributed by atoms with E-state index >= 15 is 0 Å². The van der Waals surface area contributed by atoms with Crippen LogP contribution in [0, 0.1) is 15.5 Å². The van der Waals surface area contributed by atoms with Gasteiger partial charge in [0.05, 0.1) is 16.5 Å². The Morgan fingerprint density at radius 3 is 2.81 bits per heavy atom. The molecule has 16 heavy (non-hydrogen) atoms. The van der Waals surface area contributed by atoms with Gasteiger partial charge in [0.15, 0.2) is 0 Å². The highest BCUT2D eigenvalue weighted by Gasteiger charge is 2.21. The van der Waals surface area contributed by atoms with Gasteiger partial charge in [0.25, 0.3) is 0 Å². The number of nitro groups is 1. The highest BCUT2D eigenvalue weighted by atomic mass is 32.2. The number of hydrogen-bond donors (Lipinski definition) is 2. The smallest absolute Gasteiger partial charge is 0.382 e. The maximum Gasteiger partial charge on any atom is 0.434 e. The van der Waals surface area contributed by atoms with E-state index in [2.05, 4.69) is 5.10 Å². The van der Waals surface area contributed by atoms with E-state index in [0.29, 0.717) is 5.13 Å². The van der Waals surface area contributed by atoms with Gasteiger partial charge >= 0.3 is 15.8 Å². The zero-order chi connectivity index (χ0) is 11.9. The molecule has 3 N–H and O–H groups in total. The normalized spacial score (nSPS) is 11.7. The molecule has 0 aliphatic carbocycles. The number of hydrogen-bond acceptors (Lipinski definition) is 6. The van der Waals surface area contributed by atoms with Gasteiger partial charge < -0.3 is 10.2 Å². The van der Waals surface area contributed by atoms with Crippen molar-refractivity contribution in [2.24, 2.45) is 6.26 Å². The third-order valence-corrected chi connectivity index (χ3v) is 3.42. The van der Waals surface area contributed by atoms with E-state index in [1.54, 1.807) is 6.26 Å². The van der Waals surface area contributed by atoms with E-state index in [9.17, 15) is 10.1 Å². The van der Waals surface area contributed by atoms with Crippen LogP contribution in [0.25, 0.3) is 5.88 Å². The first-order valence-electron chi connectivity index (χ1n) is 4.13. The van der Waals surface area contributed by atoms with Gasteiger partial charge in [-0.1, -0.05) is 5.10 Å². The molecule has 2 rings (SSSR count). The minimum Gasteiger partial charge on any atom is -0.382 e. The van der Waals surface area contributed by atoms with Gasteiger partial charge in [0, 0.05) is 6.07 Å². The molecule has 0 aliphatic heterocycles. The highest BCUT2D eigenvalue weighted by Crippen LogP contribution is 2.20. The highest BCUT2D eigenvalue weighted by molar-refractivity contribution is 7.30. The van der Waals surface area contributed by atoms with Gasteiger partial charge in [-0.3, -0.25) is 10.1 Å². The predicted molar refractivity (Wildman–Crippen MR) is 56.2 cm³/mol. The molecule has 0 bridgehead atoms. The fraction of sp³-hybridized carbons (Fsp3) is 0.143. The van der Waals surface area contributed by atoms with Gasteiger partial charge in [-0.2, -0.15) is 0 Å². The van der Waals surface area contributed by atoms with Crippen LogP contribution in [0.1, 0.15) is 0 Å². The lowest BCUT2D eigenvalue weighted by Crippen LogP contribution is -2.12. The molecule has 1 atom stereocenters. The summed E-state index contributed by atoms with van der Waals surface area (Å²) in [6, 6.07) is 2.59. The summed E-state index contributed by atoms with van der Waals surface area (Å²) in [5.74, 6) is -0.268. The second kappa shape index (κ2) is 3.45.